The lowest BCUT2D eigenvalue weighted by atomic mass is 10.1. The zero-order valence-corrected chi connectivity index (χ0v) is 12.7. The normalized spacial score (nSPS) is 11.5. The maximum atomic E-state index is 14.3. The van der Waals surface area contributed by atoms with E-state index >= 15 is 0 Å². The van der Waals surface area contributed by atoms with Crippen LogP contribution >= 0.6 is 11.6 Å². The van der Waals surface area contributed by atoms with Crippen LogP contribution < -0.4 is 0 Å². The third kappa shape index (κ3) is 2.38. The first-order chi connectivity index (χ1) is 9.97. The lowest BCUT2D eigenvalue weighted by molar-refractivity contribution is 0.629. The lowest BCUT2D eigenvalue weighted by Gasteiger charge is -2.09. The minimum absolute atomic E-state index is 0.138. The van der Waals surface area contributed by atoms with Crippen LogP contribution in [0.15, 0.2) is 24.5 Å². The van der Waals surface area contributed by atoms with Gasteiger partial charge in [-0.05, 0) is 36.6 Å². The predicted octanol–water partition coefficient (Wildman–Crippen LogP) is 4.02. The second-order valence-corrected chi connectivity index (χ2v) is 5.56. The average molecular weight is 305 g/mol. The van der Waals surface area contributed by atoms with Crippen LogP contribution in [0.25, 0.3) is 16.9 Å². The molecule has 0 radical (unpaired) electrons. The zero-order valence-electron chi connectivity index (χ0n) is 11.9. The smallest absolute Gasteiger partial charge is 0.222 e. The monoisotopic (exact) mass is 304 g/mol. The third-order valence-electron chi connectivity index (χ3n) is 3.36. The number of pyridine rings is 1. The van der Waals surface area contributed by atoms with Crippen LogP contribution in [-0.2, 0) is 0 Å². The summed E-state index contributed by atoms with van der Waals surface area (Å²) < 4.78 is 16.1. The zero-order chi connectivity index (χ0) is 15.1. The summed E-state index contributed by atoms with van der Waals surface area (Å²) in [6.07, 6.45) is 3.39. The largest absolute Gasteiger partial charge is 0.300 e. The van der Waals surface area contributed by atoms with Crippen LogP contribution in [0.4, 0.5) is 4.39 Å². The molecule has 4 nitrogen and oxygen atoms in total. The molecule has 3 aromatic heterocycles. The number of aromatic nitrogens is 4. The summed E-state index contributed by atoms with van der Waals surface area (Å²) in [6.45, 7) is 6.01. The van der Waals surface area contributed by atoms with Crippen molar-refractivity contribution in [2.24, 2.45) is 0 Å². The first-order valence-electron chi connectivity index (χ1n) is 6.64. The van der Waals surface area contributed by atoms with Crippen LogP contribution in [0.3, 0.4) is 0 Å². The van der Waals surface area contributed by atoms with Crippen molar-refractivity contribution < 1.29 is 4.39 Å². The fraction of sp³-hybridized carbons (Fsp3) is 0.267. The molecule has 6 heteroatoms. The van der Waals surface area contributed by atoms with E-state index in [9.17, 15) is 4.39 Å². The van der Waals surface area contributed by atoms with Gasteiger partial charge in [-0.2, -0.15) is 0 Å². The standard InChI is InChI=1S/C15H14ClFN4/c1-8(2)13-9(3)19-14-11(17)6-10(7-21(13)14)12-4-5-18-15(16)20-12/h4-8H,1-3H3. The van der Waals surface area contributed by atoms with Crippen molar-refractivity contribution >= 4 is 17.2 Å². The van der Waals surface area contributed by atoms with Gasteiger partial charge in [-0.15, -0.1) is 0 Å². The molecule has 0 saturated heterocycles. The van der Waals surface area contributed by atoms with E-state index in [4.69, 9.17) is 11.6 Å². The van der Waals surface area contributed by atoms with E-state index in [1.807, 2.05) is 13.1 Å². The van der Waals surface area contributed by atoms with E-state index in [1.165, 1.54) is 6.07 Å². The fourth-order valence-electron chi connectivity index (χ4n) is 2.57. The molecule has 0 unspecified atom stereocenters. The Morgan fingerprint density at radius 1 is 1.29 bits per heavy atom. The molecule has 0 saturated carbocycles. The Kier molecular flexibility index (Phi) is 3.37. The number of aryl methyl sites for hydroxylation is 1. The van der Waals surface area contributed by atoms with Crippen LogP contribution in [-0.4, -0.2) is 19.4 Å². The van der Waals surface area contributed by atoms with E-state index in [1.54, 1.807) is 16.7 Å². The molecular formula is C15H14ClFN4. The predicted molar refractivity (Wildman–Crippen MR) is 80.0 cm³/mol. The quantitative estimate of drug-likeness (QED) is 0.672. The Hall–Kier alpha value is -2.01. The van der Waals surface area contributed by atoms with Crippen molar-refractivity contribution in [2.45, 2.75) is 26.7 Å². The molecule has 0 aromatic carbocycles. The summed E-state index contributed by atoms with van der Waals surface area (Å²) in [5.41, 5.74) is 3.38. The van der Waals surface area contributed by atoms with Crippen molar-refractivity contribution in [2.75, 3.05) is 0 Å². The summed E-state index contributed by atoms with van der Waals surface area (Å²) in [4.78, 5) is 12.3. The van der Waals surface area contributed by atoms with Gasteiger partial charge in [0.15, 0.2) is 11.5 Å². The molecule has 0 fully saturated rings. The van der Waals surface area contributed by atoms with E-state index in [-0.39, 0.29) is 17.0 Å². The average Bonchev–Trinajstić information content (AvgIpc) is 2.75. The van der Waals surface area contributed by atoms with Crippen LogP contribution in [0.5, 0.6) is 0 Å². The highest BCUT2D eigenvalue weighted by Crippen LogP contribution is 2.26. The molecular weight excluding hydrogens is 291 g/mol. The molecule has 0 N–H and O–H groups in total. The van der Waals surface area contributed by atoms with E-state index in [0.29, 0.717) is 16.9 Å². The van der Waals surface area contributed by atoms with Gasteiger partial charge in [-0.25, -0.2) is 19.3 Å². The minimum Gasteiger partial charge on any atom is -0.300 e. The van der Waals surface area contributed by atoms with Gasteiger partial charge in [0.2, 0.25) is 5.28 Å². The highest BCUT2D eigenvalue weighted by Gasteiger charge is 2.16. The molecule has 0 aliphatic carbocycles. The van der Waals surface area contributed by atoms with Gasteiger partial charge >= 0.3 is 0 Å². The molecule has 3 aromatic rings. The Morgan fingerprint density at radius 3 is 2.71 bits per heavy atom. The molecule has 0 aliphatic heterocycles. The SMILES string of the molecule is Cc1nc2c(F)cc(-c3ccnc(Cl)n3)cn2c1C(C)C. The molecule has 108 valence electrons. The van der Waals surface area contributed by atoms with E-state index in [2.05, 4.69) is 28.8 Å². The molecule has 0 bridgehead atoms. The Labute approximate surface area is 126 Å². The van der Waals surface area contributed by atoms with Gasteiger partial charge in [-0.1, -0.05) is 13.8 Å². The highest BCUT2D eigenvalue weighted by molar-refractivity contribution is 6.28. The van der Waals surface area contributed by atoms with Crippen molar-refractivity contribution in [3.63, 3.8) is 0 Å². The van der Waals surface area contributed by atoms with Gasteiger partial charge in [0, 0.05) is 23.7 Å². The fourth-order valence-corrected chi connectivity index (χ4v) is 2.71. The first-order valence-corrected chi connectivity index (χ1v) is 7.02. The van der Waals surface area contributed by atoms with Crippen LogP contribution in [0.1, 0.15) is 31.2 Å². The number of fused-ring (bicyclic) bond motifs is 1. The first kappa shape index (κ1) is 13.9. The van der Waals surface area contributed by atoms with Gasteiger partial charge in [0.05, 0.1) is 11.4 Å². The highest BCUT2D eigenvalue weighted by atomic mass is 35.5. The summed E-state index contributed by atoms with van der Waals surface area (Å²) in [6, 6.07) is 3.12. The van der Waals surface area contributed by atoms with E-state index in [0.717, 1.165) is 11.4 Å². The summed E-state index contributed by atoms with van der Waals surface area (Å²) in [7, 11) is 0. The van der Waals surface area contributed by atoms with Crippen molar-refractivity contribution in [1.29, 1.82) is 0 Å². The van der Waals surface area contributed by atoms with Crippen molar-refractivity contribution in [3.05, 3.63) is 47.0 Å². The molecule has 0 amide bonds. The second kappa shape index (κ2) is 5.07. The topological polar surface area (TPSA) is 43.1 Å². The number of nitrogens with zero attached hydrogens (tertiary/aromatic N) is 4. The van der Waals surface area contributed by atoms with Gasteiger partial charge in [0.1, 0.15) is 0 Å². The molecule has 0 aliphatic rings. The van der Waals surface area contributed by atoms with Crippen molar-refractivity contribution in [1.82, 2.24) is 19.4 Å². The molecule has 0 spiro atoms. The maximum Gasteiger partial charge on any atom is 0.222 e. The summed E-state index contributed by atoms with van der Waals surface area (Å²) >= 11 is 5.80. The maximum absolute atomic E-state index is 14.3. The second-order valence-electron chi connectivity index (χ2n) is 5.22. The molecule has 3 heterocycles. The number of hydrogen-bond acceptors (Lipinski definition) is 3. The van der Waals surface area contributed by atoms with Crippen LogP contribution in [0, 0.1) is 12.7 Å². The molecule has 3 rings (SSSR count). The molecule has 0 atom stereocenters. The van der Waals surface area contributed by atoms with E-state index < -0.39 is 0 Å². The molecule has 21 heavy (non-hydrogen) atoms. The van der Waals surface area contributed by atoms with Gasteiger partial charge in [0.25, 0.3) is 0 Å². The van der Waals surface area contributed by atoms with Gasteiger partial charge in [-0.3, -0.25) is 0 Å². The Balaban J connectivity index is 2.29. The number of imidazole rings is 1. The van der Waals surface area contributed by atoms with Crippen LogP contribution in [0.2, 0.25) is 5.28 Å². The minimum atomic E-state index is -0.378. The van der Waals surface area contributed by atoms with Crippen molar-refractivity contribution in [3.8, 4) is 11.3 Å². The Morgan fingerprint density at radius 2 is 2.05 bits per heavy atom. The number of halogens is 2. The van der Waals surface area contributed by atoms with Gasteiger partial charge < -0.3 is 4.40 Å². The Bertz CT molecular complexity index is 826. The summed E-state index contributed by atoms with van der Waals surface area (Å²) in [5.74, 6) is -0.138. The summed E-state index contributed by atoms with van der Waals surface area (Å²) in [5, 5.41) is 0.138. The number of rotatable bonds is 2. The third-order valence-corrected chi connectivity index (χ3v) is 3.55. The lowest BCUT2D eigenvalue weighted by Crippen LogP contribution is -1.99. The number of hydrogen-bond donors (Lipinski definition) is 0.